The minimum Gasteiger partial charge on any atom is -0.383 e. The fourth-order valence-electron chi connectivity index (χ4n) is 3.34. The summed E-state index contributed by atoms with van der Waals surface area (Å²) in [5, 5.41) is 3.44. The lowest BCUT2D eigenvalue weighted by Crippen LogP contribution is -2.58. The van der Waals surface area contributed by atoms with Crippen LogP contribution < -0.4 is 5.32 Å². The first-order valence-corrected chi connectivity index (χ1v) is 7.28. The molecule has 0 aromatic heterocycles. The molecule has 3 atom stereocenters. The monoisotopic (exact) mass is 272 g/mol. The van der Waals surface area contributed by atoms with Gasteiger partial charge >= 0.3 is 0 Å². The van der Waals surface area contributed by atoms with E-state index in [1.54, 1.807) is 7.11 Å². The molecule has 1 spiro atoms. The highest BCUT2D eigenvalue weighted by Gasteiger charge is 2.46. The molecule has 0 aromatic carbocycles. The molecule has 1 N–H and O–H groups in total. The smallest absolute Gasteiger partial charge is 0.170 e. The molecular formula is C14H28N2O3. The van der Waals surface area contributed by atoms with Crippen molar-refractivity contribution < 1.29 is 14.2 Å². The largest absolute Gasteiger partial charge is 0.383 e. The Morgan fingerprint density at radius 1 is 1.42 bits per heavy atom. The van der Waals surface area contributed by atoms with Gasteiger partial charge in [0.2, 0.25) is 0 Å². The van der Waals surface area contributed by atoms with Gasteiger partial charge in [-0.25, -0.2) is 0 Å². The van der Waals surface area contributed by atoms with Gasteiger partial charge < -0.3 is 19.5 Å². The van der Waals surface area contributed by atoms with E-state index in [0.717, 1.165) is 39.1 Å². The molecule has 1 saturated carbocycles. The average molecular weight is 272 g/mol. The average Bonchev–Trinajstić information content (AvgIpc) is 2.86. The van der Waals surface area contributed by atoms with Crippen LogP contribution in [0.2, 0.25) is 0 Å². The van der Waals surface area contributed by atoms with Gasteiger partial charge in [-0.1, -0.05) is 0 Å². The molecule has 0 radical (unpaired) electrons. The predicted octanol–water partition coefficient (Wildman–Crippen LogP) is 0.837. The van der Waals surface area contributed by atoms with Crippen LogP contribution in [0.25, 0.3) is 0 Å². The van der Waals surface area contributed by atoms with Crippen molar-refractivity contribution in [3.63, 3.8) is 0 Å². The Morgan fingerprint density at radius 3 is 2.68 bits per heavy atom. The fourth-order valence-corrected chi connectivity index (χ4v) is 3.34. The highest BCUT2D eigenvalue weighted by molar-refractivity contribution is 4.96. The molecule has 2 rings (SSSR count). The van der Waals surface area contributed by atoms with Crippen LogP contribution in [0, 0.1) is 0 Å². The van der Waals surface area contributed by atoms with E-state index in [1.807, 2.05) is 7.05 Å². The Balaban J connectivity index is 2.04. The lowest BCUT2D eigenvalue weighted by molar-refractivity contribution is -0.194. The molecule has 0 aromatic rings. The fraction of sp³-hybridized carbons (Fsp3) is 1.00. The predicted molar refractivity (Wildman–Crippen MR) is 74.2 cm³/mol. The second-order valence-corrected chi connectivity index (χ2v) is 5.78. The number of likely N-dealkylation sites (N-methyl/N-ethyl adjacent to an activating group) is 2. The highest BCUT2D eigenvalue weighted by atomic mass is 16.7. The van der Waals surface area contributed by atoms with Crippen molar-refractivity contribution in [3.8, 4) is 0 Å². The molecular weight excluding hydrogens is 244 g/mol. The summed E-state index contributed by atoms with van der Waals surface area (Å²) in [5.41, 5.74) is 0. The summed E-state index contributed by atoms with van der Waals surface area (Å²) in [6.07, 6.45) is 3.01. The molecule has 1 aliphatic heterocycles. The molecule has 5 nitrogen and oxygen atoms in total. The van der Waals surface area contributed by atoms with Crippen molar-refractivity contribution >= 4 is 0 Å². The molecule has 3 unspecified atom stereocenters. The highest BCUT2D eigenvalue weighted by Crippen LogP contribution is 2.37. The summed E-state index contributed by atoms with van der Waals surface area (Å²) < 4.78 is 17.0. The number of nitrogens with one attached hydrogen (secondary N) is 1. The van der Waals surface area contributed by atoms with Crippen molar-refractivity contribution in [1.29, 1.82) is 0 Å². The summed E-state index contributed by atoms with van der Waals surface area (Å²) >= 11 is 0. The Hall–Kier alpha value is -0.200. The van der Waals surface area contributed by atoms with Crippen LogP contribution in [-0.4, -0.2) is 69.8 Å². The Bertz CT molecular complexity index is 282. The van der Waals surface area contributed by atoms with Gasteiger partial charge in [-0.15, -0.1) is 0 Å². The third-order valence-corrected chi connectivity index (χ3v) is 4.63. The third-order valence-electron chi connectivity index (χ3n) is 4.63. The lowest BCUT2D eigenvalue weighted by Gasteiger charge is -2.46. The topological polar surface area (TPSA) is 43.0 Å². The molecule has 0 bridgehead atoms. The van der Waals surface area contributed by atoms with E-state index in [2.05, 4.69) is 24.2 Å². The van der Waals surface area contributed by atoms with Gasteiger partial charge in [0.05, 0.1) is 19.8 Å². The Morgan fingerprint density at radius 2 is 2.11 bits per heavy atom. The zero-order chi connectivity index (χ0) is 13.9. The molecule has 19 heavy (non-hydrogen) atoms. The van der Waals surface area contributed by atoms with Gasteiger partial charge in [-0.2, -0.15) is 0 Å². The molecule has 1 heterocycles. The molecule has 0 amide bonds. The van der Waals surface area contributed by atoms with E-state index in [4.69, 9.17) is 14.2 Å². The molecule has 112 valence electrons. The number of hydrogen-bond donors (Lipinski definition) is 1. The summed E-state index contributed by atoms with van der Waals surface area (Å²) in [7, 11) is 5.97. The summed E-state index contributed by atoms with van der Waals surface area (Å²) in [4.78, 5) is 2.40. The first-order valence-electron chi connectivity index (χ1n) is 7.28. The summed E-state index contributed by atoms with van der Waals surface area (Å²) in [6, 6.07) is 1.30. The van der Waals surface area contributed by atoms with Gasteiger partial charge in [0, 0.05) is 38.1 Å². The Kier molecular flexibility index (Phi) is 5.20. The van der Waals surface area contributed by atoms with Gasteiger partial charge in [0.15, 0.2) is 5.79 Å². The number of rotatable bonds is 5. The number of methoxy groups -OCH3 is 1. The third kappa shape index (κ3) is 3.28. The second kappa shape index (κ2) is 6.50. The molecule has 2 fully saturated rings. The number of ether oxygens (including phenoxy) is 3. The van der Waals surface area contributed by atoms with Crippen LogP contribution in [0.1, 0.15) is 26.2 Å². The first-order chi connectivity index (χ1) is 9.12. The maximum atomic E-state index is 5.89. The standard InChI is InChI=1S/C14H28N2O3/c1-11(10-17-4)16(3)13-9-14(18-7-8-19-14)6-5-12(13)15-2/h11-13,15H,5-10H2,1-4H3. The minimum absolute atomic E-state index is 0.334. The van der Waals surface area contributed by atoms with Crippen molar-refractivity contribution in [2.75, 3.05) is 41.0 Å². The van der Waals surface area contributed by atoms with E-state index in [-0.39, 0.29) is 5.79 Å². The molecule has 1 saturated heterocycles. The maximum Gasteiger partial charge on any atom is 0.170 e. The number of hydrogen-bond acceptors (Lipinski definition) is 5. The van der Waals surface area contributed by atoms with Crippen molar-refractivity contribution in [2.45, 2.75) is 50.1 Å². The van der Waals surface area contributed by atoms with Crippen molar-refractivity contribution in [2.24, 2.45) is 0 Å². The molecule has 5 heteroatoms. The first kappa shape index (κ1) is 15.2. The summed E-state index contributed by atoms with van der Waals surface area (Å²) in [5.74, 6) is -0.334. The molecule has 2 aliphatic rings. The second-order valence-electron chi connectivity index (χ2n) is 5.78. The lowest BCUT2D eigenvalue weighted by atomic mass is 9.84. The minimum atomic E-state index is -0.334. The van der Waals surface area contributed by atoms with Gasteiger partial charge in [0.1, 0.15) is 0 Å². The Labute approximate surface area is 116 Å². The van der Waals surface area contributed by atoms with Gasteiger partial charge in [-0.3, -0.25) is 4.90 Å². The van der Waals surface area contributed by atoms with E-state index >= 15 is 0 Å². The molecule has 1 aliphatic carbocycles. The normalized spacial score (nSPS) is 32.1. The van der Waals surface area contributed by atoms with Crippen LogP contribution in [0.15, 0.2) is 0 Å². The van der Waals surface area contributed by atoms with E-state index < -0.39 is 0 Å². The van der Waals surface area contributed by atoms with Crippen LogP contribution in [0.5, 0.6) is 0 Å². The zero-order valence-electron chi connectivity index (χ0n) is 12.6. The quantitative estimate of drug-likeness (QED) is 0.803. The summed E-state index contributed by atoms with van der Waals surface area (Å²) in [6.45, 7) is 4.41. The van der Waals surface area contributed by atoms with Gasteiger partial charge in [-0.05, 0) is 27.4 Å². The maximum absolute atomic E-state index is 5.89. The van der Waals surface area contributed by atoms with Gasteiger partial charge in [0.25, 0.3) is 0 Å². The van der Waals surface area contributed by atoms with Crippen LogP contribution in [-0.2, 0) is 14.2 Å². The van der Waals surface area contributed by atoms with Crippen LogP contribution in [0.4, 0.5) is 0 Å². The van der Waals surface area contributed by atoms with E-state index in [1.165, 1.54) is 0 Å². The number of nitrogens with zero attached hydrogens (tertiary/aromatic N) is 1. The van der Waals surface area contributed by atoms with E-state index in [0.29, 0.717) is 18.1 Å². The zero-order valence-corrected chi connectivity index (χ0v) is 12.6. The van der Waals surface area contributed by atoms with Crippen LogP contribution in [0.3, 0.4) is 0 Å². The van der Waals surface area contributed by atoms with Crippen molar-refractivity contribution in [3.05, 3.63) is 0 Å². The van der Waals surface area contributed by atoms with Crippen LogP contribution >= 0.6 is 0 Å². The SMILES string of the molecule is CNC1CCC2(CC1N(C)C(C)COC)OCCO2. The van der Waals surface area contributed by atoms with Crippen molar-refractivity contribution in [1.82, 2.24) is 10.2 Å². The van der Waals surface area contributed by atoms with E-state index in [9.17, 15) is 0 Å².